The van der Waals surface area contributed by atoms with Crippen molar-refractivity contribution in [2.45, 2.75) is 46.7 Å². The number of carboxylic acids is 1. The fourth-order valence-corrected chi connectivity index (χ4v) is 5.29. The molecule has 0 saturated heterocycles. The second kappa shape index (κ2) is 11.2. The Hall–Kier alpha value is -4.64. The Morgan fingerprint density at radius 1 is 0.875 bits per heavy atom. The predicted molar refractivity (Wildman–Crippen MR) is 161 cm³/mol. The van der Waals surface area contributed by atoms with Crippen molar-refractivity contribution >= 4 is 22.8 Å². The molecule has 0 fully saturated rings. The van der Waals surface area contributed by atoms with E-state index in [1.165, 1.54) is 5.56 Å². The molecule has 0 spiro atoms. The molecular formula is C35H34N2O3. The zero-order valence-electron chi connectivity index (χ0n) is 23.4. The maximum Gasteiger partial charge on any atom is 0.336 e. The van der Waals surface area contributed by atoms with Gasteiger partial charge in [-0.2, -0.15) is 0 Å². The first-order valence-electron chi connectivity index (χ1n) is 13.7. The number of nitrogens with one attached hydrogen (secondary N) is 1. The van der Waals surface area contributed by atoms with Gasteiger partial charge in [0.2, 0.25) is 0 Å². The Morgan fingerprint density at radius 3 is 2.23 bits per heavy atom. The molecule has 1 atom stereocenters. The molecule has 0 bridgehead atoms. The number of aromatic carboxylic acids is 1. The molecule has 4 aromatic carbocycles. The largest absolute Gasteiger partial charge is 0.478 e. The van der Waals surface area contributed by atoms with Crippen molar-refractivity contribution in [3.63, 3.8) is 0 Å². The third-order valence-electron chi connectivity index (χ3n) is 7.90. The lowest BCUT2D eigenvalue weighted by molar-refractivity contribution is 0.0697. The second-order valence-electron chi connectivity index (χ2n) is 10.4. The molecule has 0 aliphatic heterocycles. The molecule has 40 heavy (non-hydrogen) atoms. The van der Waals surface area contributed by atoms with Crippen LogP contribution in [0.15, 0.2) is 91.0 Å². The van der Waals surface area contributed by atoms with Crippen molar-refractivity contribution in [1.29, 1.82) is 0 Å². The van der Waals surface area contributed by atoms with Crippen molar-refractivity contribution in [3.8, 4) is 11.1 Å². The highest BCUT2D eigenvalue weighted by Gasteiger charge is 2.17. The van der Waals surface area contributed by atoms with Crippen LogP contribution in [0.4, 0.5) is 0 Å². The topological polar surface area (TPSA) is 71.3 Å². The van der Waals surface area contributed by atoms with Crippen LogP contribution >= 0.6 is 0 Å². The van der Waals surface area contributed by atoms with Crippen LogP contribution in [0.3, 0.4) is 0 Å². The zero-order chi connectivity index (χ0) is 28.4. The number of amides is 1. The summed E-state index contributed by atoms with van der Waals surface area (Å²) in [5, 5.41) is 13.8. The van der Waals surface area contributed by atoms with Gasteiger partial charge >= 0.3 is 5.97 Å². The molecule has 0 aliphatic rings. The fraction of sp³-hybridized carbons (Fsp3) is 0.200. The molecule has 202 valence electrons. The summed E-state index contributed by atoms with van der Waals surface area (Å²) in [7, 11) is 0. The van der Waals surface area contributed by atoms with E-state index in [2.05, 4.69) is 54.9 Å². The van der Waals surface area contributed by atoms with E-state index in [0.717, 1.165) is 45.3 Å². The number of carboxylic acid groups (broad SMARTS) is 1. The van der Waals surface area contributed by atoms with Crippen molar-refractivity contribution in [2.75, 3.05) is 0 Å². The Kier molecular flexibility index (Phi) is 7.56. The molecule has 5 rings (SSSR count). The van der Waals surface area contributed by atoms with Gasteiger partial charge in [0.05, 0.1) is 11.6 Å². The quantitative estimate of drug-likeness (QED) is 0.216. The summed E-state index contributed by atoms with van der Waals surface area (Å²) in [6.07, 6.45) is 0.992. The number of carbonyl (C=O) groups excluding carboxylic acids is 1. The molecule has 1 amide bonds. The summed E-state index contributed by atoms with van der Waals surface area (Å²) in [6, 6.07) is 29.3. The highest BCUT2D eigenvalue weighted by Crippen LogP contribution is 2.29. The monoisotopic (exact) mass is 530 g/mol. The molecule has 0 saturated carbocycles. The molecule has 2 N–H and O–H groups in total. The normalized spacial score (nSPS) is 11.9. The number of hydrogen-bond acceptors (Lipinski definition) is 2. The Balaban J connectivity index is 1.37. The SMILES string of the molecule is CCc1ccc(C(C)NC(=O)c2ccc3c(c2)c(C)c(C)n3Cc2ccc(-c3ccccc3C(=O)O)cc2)cc1. The number of aromatic nitrogens is 1. The molecule has 5 aromatic rings. The lowest BCUT2D eigenvalue weighted by atomic mass is 9.99. The van der Waals surface area contributed by atoms with Crippen LogP contribution in [-0.4, -0.2) is 21.6 Å². The van der Waals surface area contributed by atoms with E-state index in [1.54, 1.807) is 12.1 Å². The minimum Gasteiger partial charge on any atom is -0.478 e. The summed E-state index contributed by atoms with van der Waals surface area (Å²) in [6.45, 7) is 9.02. The van der Waals surface area contributed by atoms with Crippen LogP contribution in [0.1, 0.15) is 68.6 Å². The predicted octanol–water partition coefficient (Wildman–Crippen LogP) is 7.73. The van der Waals surface area contributed by atoms with Crippen LogP contribution in [0.2, 0.25) is 0 Å². The summed E-state index contributed by atoms with van der Waals surface area (Å²) < 4.78 is 2.27. The molecule has 5 nitrogen and oxygen atoms in total. The summed E-state index contributed by atoms with van der Waals surface area (Å²) in [5.74, 6) is -1.02. The number of benzene rings is 4. The minimum absolute atomic E-state index is 0.0870. The standard InChI is InChI=1S/C35H34N2O3/c1-5-25-10-14-27(15-11-25)23(3)36-34(38)29-18-19-33-32(20-29)22(2)24(4)37(33)21-26-12-16-28(17-13-26)30-8-6-7-9-31(30)35(39)40/h6-20,23H,5,21H2,1-4H3,(H,36,38)(H,39,40). The molecule has 0 aliphatic carbocycles. The summed E-state index contributed by atoms with van der Waals surface area (Å²) in [4.78, 5) is 24.8. The van der Waals surface area contributed by atoms with Crippen LogP contribution in [0, 0.1) is 13.8 Å². The molecule has 0 radical (unpaired) electrons. The van der Waals surface area contributed by atoms with Gasteiger partial charge in [-0.05, 0) is 84.8 Å². The van der Waals surface area contributed by atoms with Crippen molar-refractivity contribution in [3.05, 3.63) is 130 Å². The highest BCUT2D eigenvalue weighted by atomic mass is 16.4. The van der Waals surface area contributed by atoms with E-state index in [0.29, 0.717) is 23.2 Å². The van der Waals surface area contributed by atoms with Gasteiger partial charge in [-0.1, -0.05) is 73.7 Å². The van der Waals surface area contributed by atoms with Gasteiger partial charge in [-0.15, -0.1) is 0 Å². The fourth-order valence-electron chi connectivity index (χ4n) is 5.29. The van der Waals surface area contributed by atoms with E-state index < -0.39 is 5.97 Å². The number of nitrogens with zero attached hydrogens (tertiary/aromatic N) is 1. The smallest absolute Gasteiger partial charge is 0.336 e. The van der Waals surface area contributed by atoms with Gasteiger partial charge in [-0.3, -0.25) is 4.79 Å². The lowest BCUT2D eigenvalue weighted by Gasteiger charge is -2.15. The number of hydrogen-bond donors (Lipinski definition) is 2. The average molecular weight is 531 g/mol. The Bertz CT molecular complexity index is 1700. The van der Waals surface area contributed by atoms with Gasteiger partial charge in [0, 0.05) is 28.7 Å². The molecule has 5 heteroatoms. The average Bonchev–Trinajstić information content (AvgIpc) is 3.21. The number of aryl methyl sites for hydroxylation is 2. The van der Waals surface area contributed by atoms with E-state index in [1.807, 2.05) is 61.5 Å². The van der Waals surface area contributed by atoms with Gasteiger partial charge in [0.1, 0.15) is 0 Å². The third-order valence-corrected chi connectivity index (χ3v) is 7.90. The van der Waals surface area contributed by atoms with Gasteiger partial charge < -0.3 is 15.0 Å². The maximum atomic E-state index is 13.1. The molecule has 1 aromatic heterocycles. The van der Waals surface area contributed by atoms with Crippen molar-refractivity contribution in [2.24, 2.45) is 0 Å². The first-order valence-corrected chi connectivity index (χ1v) is 13.7. The van der Waals surface area contributed by atoms with E-state index in [9.17, 15) is 14.7 Å². The van der Waals surface area contributed by atoms with Crippen molar-refractivity contribution < 1.29 is 14.7 Å². The maximum absolute atomic E-state index is 13.1. The highest BCUT2D eigenvalue weighted by molar-refractivity contribution is 5.99. The first-order chi connectivity index (χ1) is 19.3. The lowest BCUT2D eigenvalue weighted by Crippen LogP contribution is -2.26. The summed E-state index contributed by atoms with van der Waals surface area (Å²) in [5.41, 5.74) is 9.38. The summed E-state index contributed by atoms with van der Waals surface area (Å²) >= 11 is 0. The number of carbonyl (C=O) groups is 2. The minimum atomic E-state index is -0.933. The van der Waals surface area contributed by atoms with Gasteiger partial charge in [0.25, 0.3) is 5.91 Å². The van der Waals surface area contributed by atoms with Crippen LogP contribution in [0.25, 0.3) is 22.0 Å². The van der Waals surface area contributed by atoms with E-state index in [-0.39, 0.29) is 11.9 Å². The third kappa shape index (κ3) is 5.28. The number of rotatable bonds is 8. The van der Waals surface area contributed by atoms with Crippen LogP contribution in [-0.2, 0) is 13.0 Å². The Labute approximate surface area is 235 Å². The van der Waals surface area contributed by atoms with Gasteiger partial charge in [-0.25, -0.2) is 4.79 Å². The zero-order valence-corrected chi connectivity index (χ0v) is 23.4. The number of fused-ring (bicyclic) bond motifs is 1. The Morgan fingerprint density at radius 2 is 1.55 bits per heavy atom. The molecular weight excluding hydrogens is 496 g/mol. The molecule has 1 unspecified atom stereocenters. The van der Waals surface area contributed by atoms with E-state index in [4.69, 9.17) is 0 Å². The van der Waals surface area contributed by atoms with Crippen LogP contribution < -0.4 is 5.32 Å². The second-order valence-corrected chi connectivity index (χ2v) is 10.4. The van der Waals surface area contributed by atoms with Gasteiger partial charge in [0.15, 0.2) is 0 Å². The van der Waals surface area contributed by atoms with E-state index >= 15 is 0 Å². The van der Waals surface area contributed by atoms with Crippen molar-refractivity contribution in [1.82, 2.24) is 9.88 Å². The molecule has 1 heterocycles. The van der Waals surface area contributed by atoms with Crippen LogP contribution in [0.5, 0.6) is 0 Å². The first kappa shape index (κ1) is 26.9.